The van der Waals surface area contributed by atoms with Crippen molar-refractivity contribution in [2.75, 3.05) is 12.3 Å². The van der Waals surface area contributed by atoms with E-state index in [1.54, 1.807) is 24.3 Å². The minimum absolute atomic E-state index is 0.0126. The van der Waals surface area contributed by atoms with Gasteiger partial charge in [0, 0.05) is 12.7 Å². The van der Waals surface area contributed by atoms with Crippen LogP contribution in [-0.2, 0) is 19.6 Å². The van der Waals surface area contributed by atoms with Crippen LogP contribution in [0.5, 0.6) is 0 Å². The van der Waals surface area contributed by atoms with Crippen molar-refractivity contribution in [3.63, 3.8) is 0 Å². The maximum absolute atomic E-state index is 12.4. The molecule has 1 aliphatic carbocycles. The number of hydrogen-bond donors (Lipinski definition) is 1. The summed E-state index contributed by atoms with van der Waals surface area (Å²) < 4.78 is 26.0. The fourth-order valence-electron chi connectivity index (χ4n) is 2.95. The molecule has 2 aliphatic rings. The third-order valence-electron chi connectivity index (χ3n) is 4.01. The first-order chi connectivity index (χ1) is 11.0. The van der Waals surface area contributed by atoms with Crippen LogP contribution in [0.25, 0.3) is 5.57 Å². The normalized spacial score (nSPS) is 23.9. The molecule has 0 aromatic heterocycles. The van der Waals surface area contributed by atoms with Gasteiger partial charge in [0.2, 0.25) is 21.6 Å². The number of nitrogens with two attached hydrogens (primary N) is 1. The van der Waals surface area contributed by atoms with E-state index in [0.717, 1.165) is 15.9 Å². The van der Waals surface area contributed by atoms with E-state index in [2.05, 4.69) is 0 Å². The van der Waals surface area contributed by atoms with Crippen molar-refractivity contribution in [3.05, 3.63) is 54.2 Å². The molecule has 1 heterocycles. The maximum atomic E-state index is 12.4. The standard InChI is InChI=1S/C16H16N2O4S/c17-8-9-23(21,22)18-10-12(11-4-2-1-3-5-11)15-13(18)6-7-14(19)16(15)20/h1-7,10,13,15H,8-9,17H2. The molecule has 1 aliphatic heterocycles. The molecular formula is C16H16N2O4S. The third kappa shape index (κ3) is 2.62. The van der Waals surface area contributed by atoms with Gasteiger partial charge in [-0.1, -0.05) is 36.4 Å². The second kappa shape index (κ2) is 5.75. The molecule has 2 N–H and O–H groups in total. The topological polar surface area (TPSA) is 97.5 Å². The van der Waals surface area contributed by atoms with E-state index in [-0.39, 0.29) is 12.3 Å². The van der Waals surface area contributed by atoms with Crippen LogP contribution in [0.1, 0.15) is 5.56 Å². The number of carbonyl (C=O) groups excluding carboxylic acids is 2. The average molecular weight is 332 g/mol. The first kappa shape index (κ1) is 15.6. The SMILES string of the molecule is NCCS(=O)(=O)N1C=C(c2ccccc2)C2C(=O)C(=O)C=CC21. The number of Topliss-reactive ketones (excluding diaryl/α,β-unsaturated/α-hetero) is 1. The van der Waals surface area contributed by atoms with Gasteiger partial charge >= 0.3 is 0 Å². The predicted octanol–water partition coefficient (Wildman–Crippen LogP) is 0.324. The van der Waals surface area contributed by atoms with Crippen molar-refractivity contribution in [2.45, 2.75) is 6.04 Å². The van der Waals surface area contributed by atoms with Crippen molar-refractivity contribution in [1.82, 2.24) is 4.31 Å². The van der Waals surface area contributed by atoms with Gasteiger partial charge in [-0.3, -0.25) is 13.9 Å². The number of fused-ring (bicyclic) bond motifs is 1. The van der Waals surface area contributed by atoms with Crippen molar-refractivity contribution in [3.8, 4) is 0 Å². The van der Waals surface area contributed by atoms with Crippen LogP contribution in [0.4, 0.5) is 0 Å². The molecule has 0 bridgehead atoms. The van der Waals surface area contributed by atoms with Gasteiger partial charge in [0.25, 0.3) is 0 Å². The van der Waals surface area contributed by atoms with E-state index in [0.29, 0.717) is 5.57 Å². The second-order valence-electron chi connectivity index (χ2n) is 5.44. The Kier molecular flexibility index (Phi) is 3.91. The highest BCUT2D eigenvalue weighted by atomic mass is 32.2. The van der Waals surface area contributed by atoms with Gasteiger partial charge in [-0.15, -0.1) is 0 Å². The third-order valence-corrected chi connectivity index (χ3v) is 5.75. The highest BCUT2D eigenvalue weighted by Crippen LogP contribution is 2.40. The zero-order valence-corrected chi connectivity index (χ0v) is 13.1. The van der Waals surface area contributed by atoms with E-state index in [1.165, 1.54) is 12.3 Å². The summed E-state index contributed by atoms with van der Waals surface area (Å²) in [5.41, 5.74) is 6.65. The summed E-state index contributed by atoms with van der Waals surface area (Å²) in [6.07, 6.45) is 4.08. The molecule has 1 aromatic carbocycles. The summed E-state index contributed by atoms with van der Waals surface area (Å²) in [5, 5.41) is 0. The minimum atomic E-state index is -3.65. The highest BCUT2D eigenvalue weighted by molar-refractivity contribution is 7.89. The second-order valence-corrected chi connectivity index (χ2v) is 7.43. The van der Waals surface area contributed by atoms with Crippen LogP contribution in [0.3, 0.4) is 0 Å². The first-order valence-corrected chi connectivity index (χ1v) is 8.81. The number of benzene rings is 1. The largest absolute Gasteiger partial charge is 0.329 e. The monoisotopic (exact) mass is 332 g/mol. The summed E-state index contributed by atoms with van der Waals surface area (Å²) in [6, 6.07) is 8.30. The smallest absolute Gasteiger partial charge is 0.236 e. The number of nitrogens with zero attached hydrogens (tertiary/aromatic N) is 1. The van der Waals surface area contributed by atoms with E-state index in [1.807, 2.05) is 6.07 Å². The van der Waals surface area contributed by atoms with Crippen molar-refractivity contribution in [1.29, 1.82) is 0 Å². The Labute approximate surface area is 134 Å². The molecule has 0 spiro atoms. The Morgan fingerprint density at radius 2 is 1.83 bits per heavy atom. The molecular weight excluding hydrogens is 316 g/mol. The number of allylic oxidation sites excluding steroid dienone is 1. The molecule has 2 unspecified atom stereocenters. The zero-order chi connectivity index (χ0) is 16.6. The molecule has 0 fully saturated rings. The summed E-state index contributed by atoms with van der Waals surface area (Å²) >= 11 is 0. The number of sulfonamides is 1. The molecule has 7 heteroatoms. The molecule has 1 aromatic rings. The quantitative estimate of drug-likeness (QED) is 0.801. The summed E-state index contributed by atoms with van der Waals surface area (Å²) in [6.45, 7) is -0.0126. The fourth-order valence-corrected chi connectivity index (χ4v) is 4.30. The van der Waals surface area contributed by atoms with Gasteiger partial charge < -0.3 is 5.73 Å². The first-order valence-electron chi connectivity index (χ1n) is 7.20. The lowest BCUT2D eigenvalue weighted by Gasteiger charge is -2.28. The van der Waals surface area contributed by atoms with Crippen molar-refractivity contribution < 1.29 is 18.0 Å². The Morgan fingerprint density at radius 1 is 1.13 bits per heavy atom. The predicted molar refractivity (Wildman–Crippen MR) is 85.5 cm³/mol. The number of hydrogen-bond acceptors (Lipinski definition) is 5. The highest BCUT2D eigenvalue weighted by Gasteiger charge is 2.46. The molecule has 0 amide bonds. The van der Waals surface area contributed by atoms with Gasteiger partial charge in [-0.2, -0.15) is 0 Å². The van der Waals surface area contributed by atoms with Gasteiger partial charge in [0.05, 0.1) is 17.7 Å². The van der Waals surface area contributed by atoms with Gasteiger partial charge in [0.15, 0.2) is 0 Å². The molecule has 0 radical (unpaired) electrons. The van der Waals surface area contributed by atoms with Gasteiger partial charge in [0.1, 0.15) is 0 Å². The van der Waals surface area contributed by atoms with Crippen LogP contribution in [-0.4, -0.2) is 42.6 Å². The summed E-state index contributed by atoms with van der Waals surface area (Å²) in [4.78, 5) is 24.1. The summed E-state index contributed by atoms with van der Waals surface area (Å²) in [7, 11) is -3.65. The molecule has 6 nitrogen and oxygen atoms in total. The van der Waals surface area contributed by atoms with Crippen molar-refractivity contribution >= 4 is 27.2 Å². The van der Waals surface area contributed by atoms with Crippen LogP contribution in [0.15, 0.2) is 48.7 Å². The van der Waals surface area contributed by atoms with E-state index < -0.39 is 33.5 Å². The van der Waals surface area contributed by atoms with Crippen LogP contribution >= 0.6 is 0 Å². The number of ketones is 2. The van der Waals surface area contributed by atoms with Crippen LogP contribution in [0, 0.1) is 5.92 Å². The van der Waals surface area contributed by atoms with E-state index in [9.17, 15) is 18.0 Å². The van der Waals surface area contributed by atoms with E-state index >= 15 is 0 Å². The number of rotatable bonds is 4. The lowest BCUT2D eigenvalue weighted by atomic mass is 9.82. The fraction of sp³-hybridized carbons (Fsp3) is 0.250. The zero-order valence-electron chi connectivity index (χ0n) is 12.3. The molecule has 0 saturated heterocycles. The Balaban J connectivity index is 2.12. The summed E-state index contributed by atoms with van der Waals surface area (Å²) in [5.74, 6) is -2.21. The van der Waals surface area contributed by atoms with Gasteiger partial charge in [-0.05, 0) is 17.2 Å². The lowest BCUT2D eigenvalue weighted by Crippen LogP contribution is -2.43. The Bertz CT molecular complexity index is 812. The van der Waals surface area contributed by atoms with Crippen LogP contribution < -0.4 is 5.73 Å². The van der Waals surface area contributed by atoms with Crippen LogP contribution in [0.2, 0.25) is 0 Å². The Morgan fingerprint density at radius 3 is 2.48 bits per heavy atom. The molecule has 2 atom stereocenters. The average Bonchev–Trinajstić information content (AvgIpc) is 2.93. The molecule has 120 valence electrons. The molecule has 3 rings (SSSR count). The lowest BCUT2D eigenvalue weighted by molar-refractivity contribution is -0.136. The van der Waals surface area contributed by atoms with E-state index in [4.69, 9.17) is 5.73 Å². The number of carbonyl (C=O) groups is 2. The van der Waals surface area contributed by atoms with Gasteiger partial charge in [-0.25, -0.2) is 8.42 Å². The minimum Gasteiger partial charge on any atom is -0.329 e. The van der Waals surface area contributed by atoms with Crippen molar-refractivity contribution in [2.24, 2.45) is 11.7 Å². The molecule has 23 heavy (non-hydrogen) atoms. The Hall–Kier alpha value is -2.25. The maximum Gasteiger partial charge on any atom is 0.236 e. The molecule has 0 saturated carbocycles.